The minimum Gasteiger partial charge on any atom is -0.487 e. The van der Waals surface area contributed by atoms with Crippen LogP contribution in [0, 0.1) is 0 Å². The quantitative estimate of drug-likeness (QED) is 0.843. The van der Waals surface area contributed by atoms with Crippen LogP contribution < -0.4 is 10.5 Å². The van der Waals surface area contributed by atoms with Crippen molar-refractivity contribution in [3.8, 4) is 5.75 Å². The summed E-state index contributed by atoms with van der Waals surface area (Å²) < 4.78 is 6.05. The highest BCUT2D eigenvalue weighted by atomic mass is 16.5. The number of aliphatic hydroxyl groups excluding tert-OH is 1. The van der Waals surface area contributed by atoms with Crippen LogP contribution in [0.3, 0.4) is 0 Å². The molecule has 0 bridgehead atoms. The molecular formula is C15H21NO2. The second kappa shape index (κ2) is 4.90. The van der Waals surface area contributed by atoms with Crippen molar-refractivity contribution in [1.82, 2.24) is 0 Å². The molecule has 0 spiro atoms. The number of nitrogens with two attached hydrogens (primary N) is 1. The SMILES string of the molecule is NC1CCc2c(OC3CCCCC3O)cccc21. The van der Waals surface area contributed by atoms with Gasteiger partial charge in [-0.2, -0.15) is 0 Å². The van der Waals surface area contributed by atoms with E-state index in [1.807, 2.05) is 12.1 Å². The van der Waals surface area contributed by atoms with Crippen molar-refractivity contribution in [1.29, 1.82) is 0 Å². The van der Waals surface area contributed by atoms with E-state index in [-0.39, 0.29) is 18.2 Å². The molecule has 3 unspecified atom stereocenters. The first-order chi connectivity index (χ1) is 8.75. The van der Waals surface area contributed by atoms with Crippen LogP contribution >= 0.6 is 0 Å². The van der Waals surface area contributed by atoms with Gasteiger partial charge in [0, 0.05) is 6.04 Å². The topological polar surface area (TPSA) is 55.5 Å². The van der Waals surface area contributed by atoms with Crippen LogP contribution in [0.25, 0.3) is 0 Å². The van der Waals surface area contributed by atoms with Crippen LogP contribution in [0.5, 0.6) is 5.75 Å². The monoisotopic (exact) mass is 247 g/mol. The number of hydrogen-bond acceptors (Lipinski definition) is 3. The maximum atomic E-state index is 9.98. The fraction of sp³-hybridized carbons (Fsp3) is 0.600. The predicted molar refractivity (Wildman–Crippen MR) is 70.6 cm³/mol. The maximum Gasteiger partial charge on any atom is 0.124 e. The third kappa shape index (κ3) is 2.13. The lowest BCUT2D eigenvalue weighted by molar-refractivity contribution is 0.00644. The first-order valence-corrected chi connectivity index (χ1v) is 6.98. The summed E-state index contributed by atoms with van der Waals surface area (Å²) in [5.41, 5.74) is 8.54. The molecule has 3 N–H and O–H groups in total. The van der Waals surface area contributed by atoms with Gasteiger partial charge >= 0.3 is 0 Å². The van der Waals surface area contributed by atoms with E-state index in [9.17, 15) is 5.11 Å². The van der Waals surface area contributed by atoms with Gasteiger partial charge in [0.25, 0.3) is 0 Å². The largest absolute Gasteiger partial charge is 0.487 e. The number of rotatable bonds is 2. The van der Waals surface area contributed by atoms with E-state index in [1.54, 1.807) is 0 Å². The molecule has 98 valence electrons. The van der Waals surface area contributed by atoms with Crippen molar-refractivity contribution in [2.45, 2.75) is 56.8 Å². The molecule has 1 saturated carbocycles. The van der Waals surface area contributed by atoms with Crippen molar-refractivity contribution in [2.75, 3.05) is 0 Å². The zero-order valence-electron chi connectivity index (χ0n) is 10.6. The fourth-order valence-corrected chi connectivity index (χ4v) is 3.14. The average molecular weight is 247 g/mol. The minimum atomic E-state index is -0.315. The fourth-order valence-electron chi connectivity index (χ4n) is 3.14. The second-order valence-electron chi connectivity index (χ2n) is 5.48. The Balaban J connectivity index is 1.81. The summed E-state index contributed by atoms with van der Waals surface area (Å²) in [4.78, 5) is 0. The number of benzene rings is 1. The molecule has 18 heavy (non-hydrogen) atoms. The van der Waals surface area contributed by atoms with E-state index in [0.717, 1.165) is 44.3 Å². The van der Waals surface area contributed by atoms with Crippen molar-refractivity contribution < 1.29 is 9.84 Å². The Labute approximate surface area is 108 Å². The van der Waals surface area contributed by atoms with Crippen LogP contribution in [-0.2, 0) is 6.42 Å². The van der Waals surface area contributed by atoms with E-state index < -0.39 is 0 Å². The van der Waals surface area contributed by atoms with Gasteiger partial charge in [-0.15, -0.1) is 0 Å². The average Bonchev–Trinajstić information content (AvgIpc) is 2.76. The van der Waals surface area contributed by atoms with Gasteiger partial charge in [-0.3, -0.25) is 0 Å². The number of fused-ring (bicyclic) bond motifs is 1. The van der Waals surface area contributed by atoms with Crippen LogP contribution in [0.2, 0.25) is 0 Å². The molecule has 1 aromatic rings. The van der Waals surface area contributed by atoms with Crippen molar-refractivity contribution >= 4 is 0 Å². The Morgan fingerprint density at radius 2 is 2.00 bits per heavy atom. The third-order valence-corrected chi connectivity index (χ3v) is 4.22. The molecule has 0 aliphatic heterocycles. The van der Waals surface area contributed by atoms with E-state index in [1.165, 1.54) is 11.1 Å². The first kappa shape index (κ1) is 12.0. The molecule has 0 amide bonds. The van der Waals surface area contributed by atoms with Gasteiger partial charge in [-0.25, -0.2) is 0 Å². The van der Waals surface area contributed by atoms with Gasteiger partial charge in [0.1, 0.15) is 11.9 Å². The van der Waals surface area contributed by atoms with E-state index in [2.05, 4.69) is 6.07 Å². The number of ether oxygens (including phenoxy) is 1. The molecule has 3 atom stereocenters. The highest BCUT2D eigenvalue weighted by molar-refractivity contribution is 5.45. The molecule has 0 saturated heterocycles. The molecule has 0 heterocycles. The Bertz CT molecular complexity index is 433. The number of aliphatic hydroxyl groups is 1. The Hall–Kier alpha value is -1.06. The molecule has 1 aromatic carbocycles. The van der Waals surface area contributed by atoms with E-state index in [0.29, 0.717) is 0 Å². The smallest absolute Gasteiger partial charge is 0.124 e. The summed E-state index contributed by atoms with van der Waals surface area (Å²) >= 11 is 0. The molecule has 3 rings (SSSR count). The standard InChI is InChI=1S/C15H21NO2/c16-12-9-8-11-10(12)4-3-7-14(11)18-15-6-2-1-5-13(15)17/h3-4,7,12-13,15,17H,1-2,5-6,8-9,16H2. The summed E-state index contributed by atoms with van der Waals surface area (Å²) in [6.45, 7) is 0. The van der Waals surface area contributed by atoms with Crippen LogP contribution in [0.4, 0.5) is 0 Å². The van der Waals surface area contributed by atoms with Gasteiger partial charge in [0.05, 0.1) is 6.10 Å². The van der Waals surface area contributed by atoms with Gasteiger partial charge in [-0.05, 0) is 49.3 Å². The lowest BCUT2D eigenvalue weighted by Crippen LogP contribution is -2.34. The first-order valence-electron chi connectivity index (χ1n) is 6.98. The molecule has 0 aromatic heterocycles. The van der Waals surface area contributed by atoms with Gasteiger partial charge in [0.15, 0.2) is 0 Å². The molecular weight excluding hydrogens is 226 g/mol. The van der Waals surface area contributed by atoms with Crippen LogP contribution in [0.15, 0.2) is 18.2 Å². The lowest BCUT2D eigenvalue weighted by Gasteiger charge is -2.29. The second-order valence-corrected chi connectivity index (χ2v) is 5.48. The van der Waals surface area contributed by atoms with Gasteiger partial charge in [0.2, 0.25) is 0 Å². The lowest BCUT2D eigenvalue weighted by atomic mass is 9.94. The summed E-state index contributed by atoms with van der Waals surface area (Å²) in [5.74, 6) is 0.936. The number of hydrogen-bond donors (Lipinski definition) is 2. The molecule has 2 aliphatic rings. The summed E-state index contributed by atoms with van der Waals surface area (Å²) in [6, 6.07) is 6.27. The minimum absolute atomic E-state index is 0.0397. The van der Waals surface area contributed by atoms with Crippen LogP contribution in [-0.4, -0.2) is 17.3 Å². The molecule has 3 nitrogen and oxygen atoms in total. The Morgan fingerprint density at radius 3 is 2.83 bits per heavy atom. The third-order valence-electron chi connectivity index (χ3n) is 4.22. The van der Waals surface area contributed by atoms with Crippen molar-refractivity contribution in [3.05, 3.63) is 29.3 Å². The van der Waals surface area contributed by atoms with Gasteiger partial charge in [-0.1, -0.05) is 18.6 Å². The summed E-state index contributed by atoms with van der Waals surface area (Å²) in [7, 11) is 0. The van der Waals surface area contributed by atoms with Crippen molar-refractivity contribution in [3.63, 3.8) is 0 Å². The molecule has 3 heteroatoms. The zero-order chi connectivity index (χ0) is 12.5. The normalized spacial score (nSPS) is 31.1. The van der Waals surface area contributed by atoms with Crippen molar-refractivity contribution in [2.24, 2.45) is 5.73 Å². The van der Waals surface area contributed by atoms with E-state index in [4.69, 9.17) is 10.5 Å². The van der Waals surface area contributed by atoms with E-state index >= 15 is 0 Å². The molecule has 2 aliphatic carbocycles. The zero-order valence-corrected chi connectivity index (χ0v) is 10.6. The predicted octanol–water partition coefficient (Wildman–Crippen LogP) is 2.31. The molecule has 1 fully saturated rings. The highest BCUT2D eigenvalue weighted by Gasteiger charge is 2.27. The highest BCUT2D eigenvalue weighted by Crippen LogP contribution is 2.37. The Kier molecular flexibility index (Phi) is 3.27. The van der Waals surface area contributed by atoms with Crippen LogP contribution in [0.1, 0.15) is 49.3 Å². The summed E-state index contributed by atoms with van der Waals surface area (Å²) in [6.07, 6.45) is 5.72. The van der Waals surface area contributed by atoms with Gasteiger partial charge < -0.3 is 15.6 Å². The maximum absolute atomic E-state index is 9.98. The summed E-state index contributed by atoms with van der Waals surface area (Å²) in [5, 5.41) is 9.98. The molecule has 0 radical (unpaired) electrons. The Morgan fingerprint density at radius 1 is 1.17 bits per heavy atom.